The van der Waals surface area contributed by atoms with Crippen molar-refractivity contribution in [2.75, 3.05) is 39.3 Å². The highest BCUT2D eigenvalue weighted by Gasteiger charge is 2.32. The maximum absolute atomic E-state index is 12.5. The Bertz CT molecular complexity index is 719. The van der Waals surface area contributed by atoms with Gasteiger partial charge >= 0.3 is 0 Å². The molecule has 9 heteroatoms. The molecule has 2 fully saturated rings. The molecule has 1 aromatic heterocycles. The lowest BCUT2D eigenvalue weighted by Crippen LogP contribution is -2.43. The van der Waals surface area contributed by atoms with Crippen LogP contribution in [0.2, 0.25) is 0 Å². The van der Waals surface area contributed by atoms with Gasteiger partial charge in [-0.15, -0.1) is 0 Å². The van der Waals surface area contributed by atoms with Crippen LogP contribution >= 0.6 is 0 Å². The van der Waals surface area contributed by atoms with Crippen molar-refractivity contribution in [3.63, 3.8) is 0 Å². The number of rotatable bonds is 7. The number of nitrogens with zero attached hydrogens (tertiary/aromatic N) is 3. The first-order valence-electron chi connectivity index (χ1n) is 10.3. The molecule has 0 aromatic carbocycles. The summed E-state index contributed by atoms with van der Waals surface area (Å²) in [5, 5.41) is 3.15. The third-order valence-electron chi connectivity index (χ3n) is 5.81. The van der Waals surface area contributed by atoms with Crippen molar-refractivity contribution in [3.05, 3.63) is 12.5 Å². The number of H-pyrrole nitrogens is 1. The first kappa shape index (κ1) is 21.3. The first-order valence-corrected chi connectivity index (χ1v) is 11.8. The molecule has 2 aliphatic rings. The molecule has 0 unspecified atom stereocenters. The van der Waals surface area contributed by atoms with E-state index in [4.69, 9.17) is 0 Å². The summed E-state index contributed by atoms with van der Waals surface area (Å²) in [4.78, 5) is 21.4. The monoisotopic (exact) mass is 411 g/mol. The molecule has 2 atom stereocenters. The minimum atomic E-state index is -3.53. The van der Waals surface area contributed by atoms with E-state index in [9.17, 15) is 13.2 Å². The SMILES string of the molecule is C[C@@H]1C[C@@H](C)CN(CCCNC(=O)C2CCN(S(=O)(=O)c3cnc[nH]3)CC2)C1. The van der Waals surface area contributed by atoms with Crippen LogP contribution in [0.5, 0.6) is 0 Å². The van der Waals surface area contributed by atoms with E-state index >= 15 is 0 Å². The Hall–Kier alpha value is -1.45. The Morgan fingerprint density at radius 1 is 1.25 bits per heavy atom. The Morgan fingerprint density at radius 3 is 2.54 bits per heavy atom. The van der Waals surface area contributed by atoms with Crippen LogP contribution in [0.25, 0.3) is 0 Å². The number of aromatic amines is 1. The molecule has 3 rings (SSSR count). The quantitative estimate of drug-likeness (QED) is 0.659. The van der Waals surface area contributed by atoms with Crippen LogP contribution in [0.1, 0.15) is 39.5 Å². The number of amides is 1. The van der Waals surface area contributed by atoms with Crippen LogP contribution in [-0.4, -0.2) is 72.8 Å². The summed E-state index contributed by atoms with van der Waals surface area (Å²) in [6.07, 6.45) is 6.05. The van der Waals surface area contributed by atoms with E-state index in [0.29, 0.717) is 32.5 Å². The van der Waals surface area contributed by atoms with Crippen LogP contribution in [0.3, 0.4) is 0 Å². The molecule has 0 aliphatic carbocycles. The van der Waals surface area contributed by atoms with Gasteiger partial charge in [-0.25, -0.2) is 13.4 Å². The van der Waals surface area contributed by atoms with E-state index < -0.39 is 10.0 Å². The zero-order valence-corrected chi connectivity index (χ0v) is 17.7. The average molecular weight is 412 g/mol. The summed E-state index contributed by atoms with van der Waals surface area (Å²) in [7, 11) is -3.53. The smallest absolute Gasteiger partial charge is 0.260 e. The van der Waals surface area contributed by atoms with E-state index in [2.05, 4.69) is 34.0 Å². The summed E-state index contributed by atoms with van der Waals surface area (Å²) in [5.41, 5.74) is 0. The highest BCUT2D eigenvalue weighted by Crippen LogP contribution is 2.23. The second-order valence-corrected chi connectivity index (χ2v) is 10.4. The molecule has 3 heterocycles. The summed E-state index contributed by atoms with van der Waals surface area (Å²) in [6.45, 7) is 9.36. The molecular formula is C19H33N5O3S. The first-order chi connectivity index (χ1) is 13.4. The largest absolute Gasteiger partial charge is 0.356 e. The van der Waals surface area contributed by atoms with Gasteiger partial charge in [0, 0.05) is 38.6 Å². The second kappa shape index (κ2) is 9.37. The number of piperidine rings is 2. The van der Waals surface area contributed by atoms with Gasteiger partial charge in [-0.1, -0.05) is 13.8 Å². The minimum Gasteiger partial charge on any atom is -0.356 e. The van der Waals surface area contributed by atoms with Gasteiger partial charge in [-0.3, -0.25) is 4.79 Å². The van der Waals surface area contributed by atoms with Gasteiger partial charge in [0.15, 0.2) is 5.03 Å². The predicted molar refractivity (Wildman–Crippen MR) is 107 cm³/mol. The van der Waals surface area contributed by atoms with Gasteiger partial charge in [0.2, 0.25) is 5.91 Å². The van der Waals surface area contributed by atoms with E-state index in [1.807, 2.05) is 0 Å². The average Bonchev–Trinajstić information content (AvgIpc) is 3.20. The molecule has 0 radical (unpaired) electrons. The number of sulfonamides is 1. The van der Waals surface area contributed by atoms with Gasteiger partial charge in [-0.2, -0.15) is 4.31 Å². The van der Waals surface area contributed by atoms with E-state index in [0.717, 1.165) is 37.9 Å². The molecule has 1 aromatic rings. The number of likely N-dealkylation sites (tertiary alicyclic amines) is 1. The molecule has 158 valence electrons. The van der Waals surface area contributed by atoms with Gasteiger partial charge in [-0.05, 0) is 44.1 Å². The molecular weight excluding hydrogens is 378 g/mol. The zero-order chi connectivity index (χ0) is 20.1. The maximum Gasteiger partial charge on any atom is 0.260 e. The number of imidazole rings is 1. The van der Waals surface area contributed by atoms with Crippen LogP contribution in [0.4, 0.5) is 0 Å². The molecule has 2 saturated heterocycles. The third kappa shape index (κ3) is 5.33. The molecule has 28 heavy (non-hydrogen) atoms. The number of carbonyl (C=O) groups excluding carboxylic acids is 1. The molecule has 0 saturated carbocycles. The Balaban J connectivity index is 1.36. The fourth-order valence-corrected chi connectivity index (χ4v) is 5.88. The second-order valence-electron chi connectivity index (χ2n) is 8.44. The predicted octanol–water partition coefficient (Wildman–Crippen LogP) is 1.29. The van der Waals surface area contributed by atoms with Crippen molar-refractivity contribution in [2.45, 2.75) is 44.6 Å². The van der Waals surface area contributed by atoms with E-state index in [1.165, 1.54) is 23.3 Å². The van der Waals surface area contributed by atoms with Crippen molar-refractivity contribution in [2.24, 2.45) is 17.8 Å². The lowest BCUT2D eigenvalue weighted by Gasteiger charge is -2.35. The topological polar surface area (TPSA) is 98.4 Å². The van der Waals surface area contributed by atoms with Gasteiger partial charge < -0.3 is 15.2 Å². The van der Waals surface area contributed by atoms with E-state index in [-0.39, 0.29) is 16.9 Å². The maximum atomic E-state index is 12.5. The highest BCUT2D eigenvalue weighted by atomic mass is 32.2. The van der Waals surface area contributed by atoms with Crippen LogP contribution < -0.4 is 5.32 Å². The minimum absolute atomic E-state index is 0.0546. The van der Waals surface area contributed by atoms with Crippen LogP contribution in [0.15, 0.2) is 17.6 Å². The number of carbonyl (C=O) groups is 1. The number of nitrogens with one attached hydrogen (secondary N) is 2. The number of hydrogen-bond donors (Lipinski definition) is 2. The lowest BCUT2D eigenvalue weighted by molar-refractivity contribution is -0.126. The Kier molecular flexibility index (Phi) is 7.11. The van der Waals surface area contributed by atoms with Crippen LogP contribution in [-0.2, 0) is 14.8 Å². The molecule has 0 bridgehead atoms. The van der Waals surface area contributed by atoms with Crippen molar-refractivity contribution >= 4 is 15.9 Å². The van der Waals surface area contributed by atoms with Gasteiger partial charge in [0.05, 0.1) is 12.5 Å². The molecule has 8 nitrogen and oxygen atoms in total. The number of aromatic nitrogens is 2. The number of hydrogen-bond acceptors (Lipinski definition) is 5. The molecule has 2 N–H and O–H groups in total. The van der Waals surface area contributed by atoms with Crippen molar-refractivity contribution in [1.82, 2.24) is 24.5 Å². The Labute approximate surface area is 168 Å². The summed E-state index contributed by atoms with van der Waals surface area (Å²) >= 11 is 0. The summed E-state index contributed by atoms with van der Waals surface area (Å²) < 4.78 is 26.4. The summed E-state index contributed by atoms with van der Waals surface area (Å²) in [6, 6.07) is 0. The normalized spacial score (nSPS) is 25.6. The van der Waals surface area contributed by atoms with Crippen molar-refractivity contribution < 1.29 is 13.2 Å². The standard InChI is InChI=1S/C19H33N5O3S/c1-15-10-16(2)13-23(12-15)7-3-6-21-19(25)17-4-8-24(9-5-17)28(26,27)18-11-20-14-22-18/h11,14-17H,3-10,12-13H2,1-2H3,(H,20,22)(H,21,25)/t15-,16-/m1/s1. The third-order valence-corrected chi connectivity index (χ3v) is 7.63. The van der Waals surface area contributed by atoms with Crippen molar-refractivity contribution in [3.8, 4) is 0 Å². The highest BCUT2D eigenvalue weighted by molar-refractivity contribution is 7.89. The zero-order valence-electron chi connectivity index (χ0n) is 16.9. The Morgan fingerprint density at radius 2 is 1.93 bits per heavy atom. The van der Waals surface area contributed by atoms with E-state index in [1.54, 1.807) is 0 Å². The van der Waals surface area contributed by atoms with Crippen LogP contribution in [0, 0.1) is 17.8 Å². The van der Waals surface area contributed by atoms with Gasteiger partial charge in [0.1, 0.15) is 0 Å². The fourth-order valence-electron chi connectivity index (χ4n) is 4.51. The molecule has 1 amide bonds. The molecule has 0 spiro atoms. The van der Waals surface area contributed by atoms with Gasteiger partial charge in [0.25, 0.3) is 10.0 Å². The summed E-state index contributed by atoms with van der Waals surface area (Å²) in [5.74, 6) is 1.45. The lowest BCUT2D eigenvalue weighted by atomic mass is 9.92. The van der Waals surface area contributed by atoms with Crippen molar-refractivity contribution in [1.29, 1.82) is 0 Å². The fraction of sp³-hybridized carbons (Fsp3) is 0.789. The molecule has 2 aliphatic heterocycles.